The lowest BCUT2D eigenvalue weighted by molar-refractivity contribution is 0.110. The fraction of sp³-hybridized carbons (Fsp3) is 1.00. The molecule has 12 heavy (non-hydrogen) atoms. The summed E-state index contributed by atoms with van der Waals surface area (Å²) in [6.45, 7) is 3.22. The molecule has 2 unspecified atom stereocenters. The predicted octanol–water partition coefficient (Wildman–Crippen LogP) is 2.12. The highest BCUT2D eigenvalue weighted by Crippen LogP contribution is 2.40. The lowest BCUT2D eigenvalue weighted by Gasteiger charge is -2.26. The minimum Gasteiger partial charge on any atom is -0.313 e. The van der Waals surface area contributed by atoms with Crippen LogP contribution in [0.25, 0.3) is 0 Å². The van der Waals surface area contributed by atoms with Gasteiger partial charge in [0.1, 0.15) is 5.67 Å². The van der Waals surface area contributed by atoms with Gasteiger partial charge in [0.2, 0.25) is 0 Å². The molecule has 1 aliphatic heterocycles. The third kappa shape index (κ3) is 1.37. The zero-order chi connectivity index (χ0) is 8.60. The fourth-order valence-corrected chi connectivity index (χ4v) is 2.83. The standard InChI is InChI=1S/C10H18FN/c1-10(11)7-12-6-9(10)8-4-2-3-5-8/h8-9,12H,2-7H2,1H3. The highest BCUT2D eigenvalue weighted by Gasteiger charge is 2.43. The Morgan fingerprint density at radius 2 is 2.00 bits per heavy atom. The van der Waals surface area contributed by atoms with Crippen LogP contribution < -0.4 is 5.32 Å². The summed E-state index contributed by atoms with van der Waals surface area (Å²) < 4.78 is 13.9. The number of rotatable bonds is 1. The molecule has 2 heteroatoms. The summed E-state index contributed by atoms with van der Waals surface area (Å²) in [5, 5.41) is 3.16. The van der Waals surface area contributed by atoms with E-state index in [1.54, 1.807) is 6.92 Å². The second-order valence-corrected chi connectivity index (χ2v) is 4.56. The smallest absolute Gasteiger partial charge is 0.124 e. The number of hydrogen-bond acceptors (Lipinski definition) is 1. The molecule has 1 saturated carbocycles. The van der Waals surface area contributed by atoms with Gasteiger partial charge in [-0.05, 0) is 12.8 Å². The van der Waals surface area contributed by atoms with Crippen LogP contribution in [0.1, 0.15) is 32.6 Å². The lowest BCUT2D eigenvalue weighted by Crippen LogP contribution is -2.32. The van der Waals surface area contributed by atoms with Crippen molar-refractivity contribution in [3.05, 3.63) is 0 Å². The molecule has 1 nitrogen and oxygen atoms in total. The van der Waals surface area contributed by atoms with E-state index in [1.807, 2.05) is 0 Å². The molecule has 2 aliphatic rings. The molecule has 0 aromatic heterocycles. The van der Waals surface area contributed by atoms with Gasteiger partial charge in [0, 0.05) is 19.0 Å². The third-order valence-electron chi connectivity index (χ3n) is 3.58. The Morgan fingerprint density at radius 1 is 1.33 bits per heavy atom. The zero-order valence-corrected chi connectivity index (χ0v) is 7.78. The van der Waals surface area contributed by atoms with Crippen molar-refractivity contribution in [2.45, 2.75) is 38.3 Å². The van der Waals surface area contributed by atoms with Crippen molar-refractivity contribution >= 4 is 0 Å². The highest BCUT2D eigenvalue weighted by atomic mass is 19.1. The summed E-state index contributed by atoms with van der Waals surface area (Å²) in [7, 11) is 0. The van der Waals surface area contributed by atoms with Crippen LogP contribution in [0.4, 0.5) is 4.39 Å². The minimum atomic E-state index is -0.936. The van der Waals surface area contributed by atoms with Crippen molar-refractivity contribution in [1.29, 1.82) is 0 Å². The van der Waals surface area contributed by atoms with Gasteiger partial charge in [-0.1, -0.05) is 25.7 Å². The van der Waals surface area contributed by atoms with E-state index in [1.165, 1.54) is 25.7 Å². The van der Waals surface area contributed by atoms with E-state index in [0.717, 1.165) is 6.54 Å². The van der Waals surface area contributed by atoms with Gasteiger partial charge in [0.15, 0.2) is 0 Å². The second kappa shape index (κ2) is 2.99. The topological polar surface area (TPSA) is 12.0 Å². The number of alkyl halides is 1. The van der Waals surface area contributed by atoms with Crippen LogP contribution in [-0.2, 0) is 0 Å². The lowest BCUT2D eigenvalue weighted by atomic mass is 9.82. The zero-order valence-electron chi connectivity index (χ0n) is 7.78. The van der Waals surface area contributed by atoms with Crippen molar-refractivity contribution in [2.75, 3.05) is 13.1 Å². The molecule has 1 N–H and O–H groups in total. The first kappa shape index (κ1) is 8.49. The van der Waals surface area contributed by atoms with Crippen LogP contribution in [0.3, 0.4) is 0 Å². The molecule has 0 aromatic rings. The van der Waals surface area contributed by atoms with E-state index in [9.17, 15) is 4.39 Å². The summed E-state index contributed by atoms with van der Waals surface area (Å²) >= 11 is 0. The van der Waals surface area contributed by atoms with Crippen LogP contribution in [-0.4, -0.2) is 18.8 Å². The average Bonchev–Trinajstić information content (AvgIpc) is 2.55. The number of hydrogen-bond donors (Lipinski definition) is 1. The molecule has 0 radical (unpaired) electrons. The summed E-state index contributed by atoms with van der Waals surface area (Å²) in [5.41, 5.74) is -0.936. The Labute approximate surface area is 73.7 Å². The summed E-state index contributed by atoms with van der Waals surface area (Å²) in [4.78, 5) is 0. The summed E-state index contributed by atoms with van der Waals surface area (Å²) in [6, 6.07) is 0. The third-order valence-corrected chi connectivity index (χ3v) is 3.58. The Hall–Kier alpha value is -0.110. The van der Waals surface area contributed by atoms with Crippen LogP contribution in [0.5, 0.6) is 0 Å². The Balaban J connectivity index is 2.02. The van der Waals surface area contributed by atoms with Gasteiger partial charge >= 0.3 is 0 Å². The molecular formula is C10H18FN. The molecule has 0 aromatic carbocycles. The minimum absolute atomic E-state index is 0.292. The Kier molecular flexibility index (Phi) is 2.11. The highest BCUT2D eigenvalue weighted by molar-refractivity contribution is 4.96. The van der Waals surface area contributed by atoms with E-state index < -0.39 is 5.67 Å². The summed E-state index contributed by atoms with van der Waals surface area (Å²) in [6.07, 6.45) is 5.15. The molecule has 1 heterocycles. The van der Waals surface area contributed by atoms with Crippen LogP contribution in [0.2, 0.25) is 0 Å². The van der Waals surface area contributed by atoms with Crippen molar-refractivity contribution < 1.29 is 4.39 Å². The first-order valence-electron chi connectivity index (χ1n) is 5.10. The van der Waals surface area contributed by atoms with Crippen molar-refractivity contribution in [3.63, 3.8) is 0 Å². The predicted molar refractivity (Wildman–Crippen MR) is 47.8 cm³/mol. The quantitative estimate of drug-likeness (QED) is 0.637. The molecule has 70 valence electrons. The SMILES string of the molecule is CC1(F)CNCC1C1CCCC1. The summed E-state index contributed by atoms with van der Waals surface area (Å²) in [5.74, 6) is 0.954. The molecule has 0 bridgehead atoms. The maximum absolute atomic E-state index is 13.9. The van der Waals surface area contributed by atoms with E-state index >= 15 is 0 Å². The largest absolute Gasteiger partial charge is 0.313 e. The molecule has 2 fully saturated rings. The maximum Gasteiger partial charge on any atom is 0.124 e. The fourth-order valence-electron chi connectivity index (χ4n) is 2.83. The molecule has 0 amide bonds. The number of nitrogens with one attached hydrogen (secondary N) is 1. The molecule has 2 atom stereocenters. The van der Waals surface area contributed by atoms with Crippen LogP contribution >= 0.6 is 0 Å². The maximum atomic E-state index is 13.9. The Bertz CT molecular complexity index is 161. The molecule has 2 rings (SSSR count). The first-order chi connectivity index (χ1) is 5.70. The van der Waals surface area contributed by atoms with E-state index in [2.05, 4.69) is 5.32 Å². The van der Waals surface area contributed by atoms with Gasteiger partial charge in [-0.15, -0.1) is 0 Å². The Morgan fingerprint density at radius 3 is 2.50 bits per heavy atom. The van der Waals surface area contributed by atoms with Crippen molar-refractivity contribution in [1.82, 2.24) is 5.32 Å². The van der Waals surface area contributed by atoms with Crippen LogP contribution in [0.15, 0.2) is 0 Å². The monoisotopic (exact) mass is 171 g/mol. The second-order valence-electron chi connectivity index (χ2n) is 4.56. The van der Waals surface area contributed by atoms with E-state index in [-0.39, 0.29) is 0 Å². The van der Waals surface area contributed by atoms with Gasteiger partial charge in [-0.2, -0.15) is 0 Å². The van der Waals surface area contributed by atoms with Gasteiger partial charge in [-0.3, -0.25) is 0 Å². The van der Waals surface area contributed by atoms with E-state index in [4.69, 9.17) is 0 Å². The van der Waals surface area contributed by atoms with Gasteiger partial charge in [-0.25, -0.2) is 4.39 Å². The van der Waals surface area contributed by atoms with Crippen LogP contribution in [0, 0.1) is 11.8 Å². The normalized spacial score (nSPS) is 44.0. The first-order valence-corrected chi connectivity index (χ1v) is 5.10. The van der Waals surface area contributed by atoms with E-state index in [0.29, 0.717) is 18.4 Å². The number of halogens is 1. The molecule has 0 spiro atoms. The van der Waals surface area contributed by atoms with Gasteiger partial charge in [0.25, 0.3) is 0 Å². The molecular weight excluding hydrogens is 153 g/mol. The van der Waals surface area contributed by atoms with Gasteiger partial charge < -0.3 is 5.32 Å². The molecule has 1 aliphatic carbocycles. The van der Waals surface area contributed by atoms with Crippen molar-refractivity contribution in [3.8, 4) is 0 Å². The average molecular weight is 171 g/mol. The van der Waals surface area contributed by atoms with Gasteiger partial charge in [0.05, 0.1) is 0 Å². The van der Waals surface area contributed by atoms with Crippen molar-refractivity contribution in [2.24, 2.45) is 11.8 Å². The molecule has 1 saturated heterocycles.